The van der Waals surface area contributed by atoms with Gasteiger partial charge in [0.05, 0.1) is 17.8 Å². The maximum absolute atomic E-state index is 11.0. The van der Waals surface area contributed by atoms with E-state index in [1.807, 2.05) is 0 Å². The largest absolute Gasteiger partial charge is 0.496 e. The third-order valence-corrected chi connectivity index (χ3v) is 2.50. The summed E-state index contributed by atoms with van der Waals surface area (Å²) in [6.07, 6.45) is 2.92. The minimum atomic E-state index is -1.10. The lowest BCUT2D eigenvalue weighted by molar-refractivity contribution is 0.0693. The summed E-state index contributed by atoms with van der Waals surface area (Å²) in [5.74, 6) is -0.871. The van der Waals surface area contributed by atoms with Crippen LogP contribution in [0.1, 0.15) is 10.4 Å². The molecule has 2 aromatic rings. The lowest BCUT2D eigenvalue weighted by atomic mass is 10.2. The molecule has 1 aromatic carbocycles. The van der Waals surface area contributed by atoms with E-state index in [2.05, 4.69) is 10.2 Å². The fourth-order valence-corrected chi connectivity index (χ4v) is 1.66. The van der Waals surface area contributed by atoms with E-state index >= 15 is 0 Å². The van der Waals surface area contributed by atoms with Crippen molar-refractivity contribution in [2.24, 2.45) is 0 Å². The van der Waals surface area contributed by atoms with E-state index in [1.165, 1.54) is 31.9 Å². The van der Waals surface area contributed by atoms with Gasteiger partial charge >= 0.3 is 5.97 Å². The van der Waals surface area contributed by atoms with Crippen molar-refractivity contribution in [2.75, 3.05) is 7.11 Å². The van der Waals surface area contributed by atoms with Gasteiger partial charge in [-0.1, -0.05) is 11.6 Å². The van der Waals surface area contributed by atoms with Crippen molar-refractivity contribution in [3.8, 4) is 11.4 Å². The molecule has 0 atom stereocenters. The van der Waals surface area contributed by atoms with Crippen LogP contribution in [0.5, 0.6) is 5.75 Å². The van der Waals surface area contributed by atoms with Crippen molar-refractivity contribution in [3.05, 3.63) is 35.4 Å². The number of hydrogen-bond acceptors (Lipinski definition) is 4. The van der Waals surface area contributed by atoms with Crippen LogP contribution >= 0.6 is 11.6 Å². The number of halogens is 1. The zero-order valence-electron chi connectivity index (χ0n) is 8.79. The summed E-state index contributed by atoms with van der Waals surface area (Å²) in [6.45, 7) is 0. The van der Waals surface area contributed by atoms with Crippen LogP contribution in [-0.4, -0.2) is 33.0 Å². The zero-order valence-corrected chi connectivity index (χ0v) is 9.55. The normalized spacial score (nSPS) is 10.2. The number of nitrogens with zero attached hydrogens (tertiary/aromatic N) is 3. The number of benzene rings is 1. The van der Waals surface area contributed by atoms with Gasteiger partial charge in [-0.3, -0.25) is 4.57 Å². The molecule has 0 saturated heterocycles. The Morgan fingerprint density at radius 3 is 2.59 bits per heavy atom. The minimum Gasteiger partial charge on any atom is -0.496 e. The smallest absolute Gasteiger partial charge is 0.339 e. The fraction of sp³-hybridized carbons (Fsp3) is 0.100. The summed E-state index contributed by atoms with van der Waals surface area (Å²) >= 11 is 6.00. The lowest BCUT2D eigenvalue weighted by Crippen LogP contribution is -2.03. The van der Waals surface area contributed by atoms with Crippen LogP contribution in [0.15, 0.2) is 24.8 Å². The van der Waals surface area contributed by atoms with Crippen molar-refractivity contribution in [2.45, 2.75) is 0 Å². The Bertz CT molecular complexity index is 554. The Morgan fingerprint density at radius 2 is 2.06 bits per heavy atom. The first-order valence-corrected chi connectivity index (χ1v) is 4.97. The highest BCUT2D eigenvalue weighted by Gasteiger charge is 2.15. The molecular formula is C10H8ClN3O3. The number of carboxylic acids is 1. The third-order valence-electron chi connectivity index (χ3n) is 2.20. The first-order chi connectivity index (χ1) is 8.13. The number of hydrogen-bond donors (Lipinski definition) is 1. The second-order valence-electron chi connectivity index (χ2n) is 3.18. The predicted molar refractivity (Wildman–Crippen MR) is 59.9 cm³/mol. The summed E-state index contributed by atoms with van der Waals surface area (Å²) in [5, 5.41) is 16.6. The Hall–Kier alpha value is -2.08. The molecule has 7 heteroatoms. The quantitative estimate of drug-likeness (QED) is 0.900. The second-order valence-corrected chi connectivity index (χ2v) is 3.59. The SMILES string of the molecule is COc1cc(-n2cnnc2)c(Cl)cc1C(=O)O. The minimum absolute atomic E-state index is 0.00863. The van der Waals surface area contributed by atoms with Gasteiger partial charge in [0.25, 0.3) is 0 Å². The van der Waals surface area contributed by atoms with E-state index in [0.29, 0.717) is 5.69 Å². The van der Waals surface area contributed by atoms with Gasteiger partial charge in [0.15, 0.2) is 0 Å². The number of carboxylic acid groups (broad SMARTS) is 1. The van der Waals surface area contributed by atoms with Crippen molar-refractivity contribution in [1.82, 2.24) is 14.8 Å². The first-order valence-electron chi connectivity index (χ1n) is 4.59. The van der Waals surface area contributed by atoms with Gasteiger partial charge in [-0.25, -0.2) is 4.79 Å². The molecule has 1 N–H and O–H groups in total. The first kappa shape index (κ1) is 11.4. The molecular weight excluding hydrogens is 246 g/mol. The van der Waals surface area contributed by atoms with Gasteiger partial charge in [-0.2, -0.15) is 0 Å². The average Bonchev–Trinajstić information content (AvgIpc) is 2.82. The zero-order chi connectivity index (χ0) is 12.4. The van der Waals surface area contributed by atoms with Crippen LogP contribution in [0, 0.1) is 0 Å². The average molecular weight is 254 g/mol. The van der Waals surface area contributed by atoms with E-state index in [4.69, 9.17) is 21.4 Å². The molecule has 0 amide bonds. The topological polar surface area (TPSA) is 77.2 Å². The van der Waals surface area contributed by atoms with Crippen molar-refractivity contribution < 1.29 is 14.6 Å². The molecule has 2 rings (SSSR count). The van der Waals surface area contributed by atoms with Crippen LogP contribution in [-0.2, 0) is 0 Å². The van der Waals surface area contributed by atoms with Gasteiger partial charge in [-0.05, 0) is 6.07 Å². The fourth-order valence-electron chi connectivity index (χ4n) is 1.40. The standard InChI is InChI=1S/C10H8ClN3O3/c1-17-9-3-8(14-4-12-13-5-14)7(11)2-6(9)10(15)16/h2-5H,1H3,(H,15,16). The molecule has 1 heterocycles. The van der Waals surface area contributed by atoms with E-state index in [9.17, 15) is 4.79 Å². The monoisotopic (exact) mass is 253 g/mol. The van der Waals surface area contributed by atoms with Crippen molar-refractivity contribution in [1.29, 1.82) is 0 Å². The summed E-state index contributed by atoms with van der Waals surface area (Å²) < 4.78 is 6.57. The highest BCUT2D eigenvalue weighted by Crippen LogP contribution is 2.29. The molecule has 0 bridgehead atoms. The van der Waals surface area contributed by atoms with Crippen molar-refractivity contribution in [3.63, 3.8) is 0 Å². The molecule has 0 fully saturated rings. The summed E-state index contributed by atoms with van der Waals surface area (Å²) in [4.78, 5) is 11.0. The van der Waals surface area contributed by atoms with Crippen LogP contribution in [0.4, 0.5) is 0 Å². The van der Waals surface area contributed by atoms with Gasteiger partial charge in [-0.15, -0.1) is 10.2 Å². The molecule has 1 aromatic heterocycles. The Labute approximate surface area is 101 Å². The van der Waals surface area contributed by atoms with Crippen LogP contribution in [0.3, 0.4) is 0 Å². The molecule has 0 aliphatic rings. The maximum Gasteiger partial charge on any atom is 0.339 e. The maximum atomic E-state index is 11.0. The number of methoxy groups -OCH3 is 1. The third kappa shape index (κ3) is 2.07. The molecule has 0 aliphatic carbocycles. The molecule has 0 spiro atoms. The lowest BCUT2D eigenvalue weighted by Gasteiger charge is -2.10. The number of rotatable bonds is 3. The van der Waals surface area contributed by atoms with E-state index < -0.39 is 5.97 Å². The Balaban J connectivity index is 2.60. The number of carbonyl (C=O) groups is 1. The van der Waals surface area contributed by atoms with Gasteiger partial charge in [0, 0.05) is 6.07 Å². The van der Waals surface area contributed by atoms with E-state index in [0.717, 1.165) is 0 Å². The summed E-state index contributed by atoms with van der Waals surface area (Å²) in [6, 6.07) is 2.85. The van der Waals surface area contributed by atoms with E-state index in [-0.39, 0.29) is 16.3 Å². The summed E-state index contributed by atoms with van der Waals surface area (Å²) in [7, 11) is 1.39. The van der Waals surface area contributed by atoms with Gasteiger partial charge in [0.2, 0.25) is 0 Å². The van der Waals surface area contributed by atoms with Gasteiger partial charge in [0.1, 0.15) is 24.0 Å². The molecule has 6 nitrogen and oxygen atoms in total. The predicted octanol–water partition coefficient (Wildman–Crippen LogP) is 1.63. The van der Waals surface area contributed by atoms with Crippen molar-refractivity contribution >= 4 is 17.6 Å². The molecule has 0 radical (unpaired) electrons. The highest BCUT2D eigenvalue weighted by atomic mass is 35.5. The number of ether oxygens (including phenoxy) is 1. The molecule has 88 valence electrons. The Kier molecular flexibility index (Phi) is 2.97. The molecule has 0 unspecified atom stereocenters. The number of aromatic nitrogens is 3. The number of aromatic carboxylic acids is 1. The van der Waals surface area contributed by atoms with Crippen LogP contribution in [0.25, 0.3) is 5.69 Å². The highest BCUT2D eigenvalue weighted by molar-refractivity contribution is 6.32. The molecule has 0 saturated carbocycles. The van der Waals surface area contributed by atoms with E-state index in [1.54, 1.807) is 4.57 Å². The molecule has 17 heavy (non-hydrogen) atoms. The molecule has 0 aliphatic heterocycles. The van der Waals surface area contributed by atoms with Gasteiger partial charge < -0.3 is 9.84 Å². The summed E-state index contributed by atoms with van der Waals surface area (Å²) in [5.41, 5.74) is 0.563. The second kappa shape index (κ2) is 4.42. The Morgan fingerprint density at radius 1 is 1.41 bits per heavy atom. The van der Waals surface area contributed by atoms with Crippen LogP contribution < -0.4 is 4.74 Å². The van der Waals surface area contributed by atoms with Crippen LogP contribution in [0.2, 0.25) is 5.02 Å².